The van der Waals surface area contributed by atoms with Crippen LogP contribution in [-0.2, 0) is 25.4 Å². The van der Waals surface area contributed by atoms with Crippen molar-refractivity contribution in [2.24, 2.45) is 0 Å². The summed E-state index contributed by atoms with van der Waals surface area (Å²) in [6, 6.07) is 15.0. The number of H-pyrrole nitrogens is 1. The summed E-state index contributed by atoms with van der Waals surface area (Å²) in [5, 5.41) is 8.62. The number of aromatic amines is 1. The van der Waals surface area contributed by atoms with Gasteiger partial charge in [0.25, 0.3) is 5.91 Å². The Morgan fingerprint density at radius 1 is 1.06 bits per heavy atom. The van der Waals surface area contributed by atoms with Crippen LogP contribution in [0.25, 0.3) is 31.9 Å². The number of hydrogen-bond donors (Lipinski definition) is 2. The third-order valence-corrected chi connectivity index (χ3v) is 11.5. The second kappa shape index (κ2) is 12.3. The number of thiophene rings is 1. The second-order valence-corrected chi connectivity index (χ2v) is 14.4. The van der Waals surface area contributed by atoms with Gasteiger partial charge in [0.2, 0.25) is 0 Å². The van der Waals surface area contributed by atoms with Crippen molar-refractivity contribution in [1.82, 2.24) is 25.0 Å². The minimum atomic E-state index is -4.48. The van der Waals surface area contributed by atoms with Gasteiger partial charge in [-0.25, -0.2) is 9.78 Å². The molecular formula is C38H31F3N6O4S. The van der Waals surface area contributed by atoms with E-state index in [-0.39, 0.29) is 36.7 Å². The minimum absolute atomic E-state index is 0.0193. The highest BCUT2D eigenvalue weighted by atomic mass is 32.1. The smallest absolute Gasteiger partial charge is 0.439 e. The Morgan fingerprint density at radius 3 is 2.73 bits per heavy atom. The monoisotopic (exact) mass is 724 g/mol. The maximum atomic E-state index is 14.2. The van der Waals surface area contributed by atoms with Crippen molar-refractivity contribution in [3.05, 3.63) is 111 Å². The molecule has 1 aliphatic carbocycles. The van der Waals surface area contributed by atoms with E-state index in [1.165, 1.54) is 23.0 Å². The van der Waals surface area contributed by atoms with Crippen molar-refractivity contribution in [3.63, 3.8) is 0 Å². The van der Waals surface area contributed by atoms with Crippen molar-refractivity contribution < 1.29 is 27.2 Å². The van der Waals surface area contributed by atoms with Crippen LogP contribution in [0.1, 0.15) is 75.3 Å². The largest absolute Gasteiger partial charge is 0.496 e. The number of alkyl halides is 3. The fraction of sp³-hybridized carbons (Fsp3) is 0.289. The molecule has 52 heavy (non-hydrogen) atoms. The molecule has 1 fully saturated rings. The number of nitrogens with one attached hydrogen (secondary N) is 2. The third kappa shape index (κ3) is 5.35. The lowest BCUT2D eigenvalue weighted by molar-refractivity contribution is -0.137. The number of ether oxygens (including phenoxy) is 1. The molecule has 10 nitrogen and oxygen atoms in total. The number of rotatable bonds is 8. The Labute approximate surface area is 298 Å². The van der Waals surface area contributed by atoms with E-state index < -0.39 is 17.5 Å². The van der Waals surface area contributed by atoms with E-state index in [4.69, 9.17) is 19.2 Å². The molecule has 0 saturated carbocycles. The molecule has 6 aromatic rings. The summed E-state index contributed by atoms with van der Waals surface area (Å²) >= 11 is 1.47. The lowest BCUT2D eigenvalue weighted by atomic mass is 9.92. The molecule has 2 N–H and O–H groups in total. The molecule has 1 amide bonds. The van der Waals surface area contributed by atoms with Crippen LogP contribution in [0.5, 0.6) is 5.75 Å². The number of methoxy groups -OCH3 is 1. The van der Waals surface area contributed by atoms with Crippen molar-refractivity contribution in [2.75, 3.05) is 19.0 Å². The molecular weight excluding hydrogens is 694 g/mol. The maximum absolute atomic E-state index is 14.2. The fourth-order valence-electron chi connectivity index (χ4n) is 8.05. The molecule has 14 heteroatoms. The van der Waals surface area contributed by atoms with E-state index in [1.54, 1.807) is 19.4 Å². The summed E-state index contributed by atoms with van der Waals surface area (Å²) in [5.41, 5.74) is 4.65. The fourth-order valence-corrected chi connectivity index (χ4v) is 9.22. The molecule has 6 heterocycles. The number of anilines is 1. The molecule has 0 radical (unpaired) electrons. The molecule has 3 aliphatic rings. The number of aryl methyl sites for hydroxylation is 2. The first kappa shape index (κ1) is 32.4. The van der Waals surface area contributed by atoms with Crippen molar-refractivity contribution in [3.8, 4) is 27.6 Å². The summed E-state index contributed by atoms with van der Waals surface area (Å²) in [4.78, 5) is 41.6. The van der Waals surface area contributed by atoms with Gasteiger partial charge in [-0.05, 0) is 84.9 Å². The number of aromatic nitrogens is 4. The van der Waals surface area contributed by atoms with Gasteiger partial charge in [0.15, 0.2) is 5.82 Å². The number of halogens is 3. The van der Waals surface area contributed by atoms with Gasteiger partial charge in [-0.1, -0.05) is 35.5 Å². The van der Waals surface area contributed by atoms with Crippen molar-refractivity contribution >= 4 is 33.1 Å². The van der Waals surface area contributed by atoms with Gasteiger partial charge in [0.1, 0.15) is 11.6 Å². The number of nitrogens with zero attached hydrogens (tertiary/aromatic N) is 4. The Kier molecular flexibility index (Phi) is 7.68. The van der Waals surface area contributed by atoms with Crippen LogP contribution in [0.4, 0.5) is 19.0 Å². The number of hydrogen-bond acceptors (Lipinski definition) is 9. The topological polar surface area (TPSA) is 126 Å². The highest BCUT2D eigenvalue weighted by Crippen LogP contribution is 2.50. The summed E-state index contributed by atoms with van der Waals surface area (Å²) in [5.74, 6) is 0.734. The molecule has 2 aliphatic heterocycles. The summed E-state index contributed by atoms with van der Waals surface area (Å²) < 4.78 is 52.2. The zero-order valence-corrected chi connectivity index (χ0v) is 28.7. The average Bonchev–Trinajstić information content (AvgIpc) is 3.98. The Balaban J connectivity index is 1.19. The van der Waals surface area contributed by atoms with Crippen molar-refractivity contribution in [2.45, 2.75) is 56.8 Å². The normalized spacial score (nSPS) is 17.8. The predicted molar refractivity (Wildman–Crippen MR) is 189 cm³/mol. The molecule has 1 saturated heterocycles. The van der Waals surface area contributed by atoms with Crippen LogP contribution in [0.2, 0.25) is 0 Å². The van der Waals surface area contributed by atoms with Gasteiger partial charge < -0.3 is 15.0 Å². The first-order valence-corrected chi connectivity index (χ1v) is 17.9. The number of fused-ring (bicyclic) bond motifs is 5. The van der Waals surface area contributed by atoms with Gasteiger partial charge in [-0.2, -0.15) is 13.2 Å². The highest BCUT2D eigenvalue weighted by molar-refractivity contribution is 7.23. The van der Waals surface area contributed by atoms with Crippen LogP contribution in [0, 0.1) is 0 Å². The lowest BCUT2D eigenvalue weighted by Crippen LogP contribution is -2.22. The predicted octanol–water partition coefficient (Wildman–Crippen LogP) is 7.90. The summed E-state index contributed by atoms with van der Waals surface area (Å²) in [6.45, 7) is 0.590. The molecule has 9 rings (SSSR count). The van der Waals surface area contributed by atoms with Crippen LogP contribution in [0.3, 0.4) is 0 Å². The number of carbonyl (C=O) groups is 1. The highest BCUT2D eigenvalue weighted by Gasteiger charge is 2.45. The minimum Gasteiger partial charge on any atom is -0.496 e. The Morgan fingerprint density at radius 2 is 1.92 bits per heavy atom. The molecule has 0 bridgehead atoms. The lowest BCUT2D eigenvalue weighted by Gasteiger charge is -2.17. The Bertz CT molecular complexity index is 2450. The molecule has 264 valence electrons. The maximum Gasteiger partial charge on any atom is 0.439 e. The van der Waals surface area contributed by atoms with Gasteiger partial charge in [0.05, 0.1) is 52.0 Å². The number of pyridine rings is 2. The average molecular weight is 725 g/mol. The van der Waals surface area contributed by atoms with Gasteiger partial charge in [0, 0.05) is 23.2 Å². The van der Waals surface area contributed by atoms with Gasteiger partial charge in [-0.3, -0.25) is 19.3 Å². The van der Waals surface area contributed by atoms with Crippen LogP contribution in [0.15, 0.2) is 70.1 Å². The van der Waals surface area contributed by atoms with E-state index in [1.807, 2.05) is 29.2 Å². The van der Waals surface area contributed by atoms with Gasteiger partial charge >= 0.3 is 11.9 Å². The van der Waals surface area contributed by atoms with E-state index in [2.05, 4.69) is 21.5 Å². The zero-order chi connectivity index (χ0) is 35.7. The van der Waals surface area contributed by atoms with E-state index in [0.717, 1.165) is 64.1 Å². The van der Waals surface area contributed by atoms with E-state index >= 15 is 0 Å². The molecule has 0 spiro atoms. The van der Waals surface area contributed by atoms with Crippen LogP contribution < -0.4 is 15.8 Å². The molecule has 2 unspecified atom stereocenters. The van der Waals surface area contributed by atoms with Gasteiger partial charge in [-0.15, -0.1) is 11.3 Å². The standard InChI is InChI=1S/C38H31F3N6O4S/c1-50-27-9-3-7-22-23(27)11-13-24(22)44-35-33-20(14-15-42-35)18-28(52-33)30-29(34-45-37(49)51-46-34)25(12-10-19-5-2-6-21(17-19)38(39,40)41)43-32-26-8-4-16-47(26)36(48)31(30)32/h2-3,5-7,9,14-15,17-18,24,26H,4,8,10-13,16H2,1H3,(H,42,44)(H,45,46,49). The van der Waals surface area contributed by atoms with Crippen LogP contribution >= 0.6 is 11.3 Å². The zero-order valence-electron chi connectivity index (χ0n) is 27.8. The number of benzene rings is 2. The number of amides is 1. The molecule has 2 atom stereocenters. The molecule has 4 aromatic heterocycles. The number of carbonyl (C=O) groups excluding carboxylic acids is 1. The first-order valence-electron chi connectivity index (χ1n) is 17.1. The first-order chi connectivity index (χ1) is 25.2. The summed E-state index contributed by atoms with van der Waals surface area (Å²) in [6.07, 6.45) is 1.03. The van der Waals surface area contributed by atoms with E-state index in [0.29, 0.717) is 46.0 Å². The second-order valence-electron chi connectivity index (χ2n) is 13.3. The van der Waals surface area contributed by atoms with Crippen molar-refractivity contribution in [1.29, 1.82) is 0 Å². The quantitative estimate of drug-likeness (QED) is 0.162. The van der Waals surface area contributed by atoms with E-state index in [9.17, 15) is 22.8 Å². The summed E-state index contributed by atoms with van der Waals surface area (Å²) in [7, 11) is 1.68. The van der Waals surface area contributed by atoms with Crippen LogP contribution in [-0.4, -0.2) is 44.6 Å². The third-order valence-electron chi connectivity index (χ3n) is 10.4. The Hall–Kier alpha value is -5.50. The SMILES string of the molecule is COc1cccc2c1CCC2Nc1nccc2cc(-c3c4c(nc(CCc5cccc(C(F)(F)F)c5)c3-c3noc(=O)[nH]3)C3CCCN3C4=O)sc12. The molecule has 2 aromatic carbocycles.